The predicted octanol–water partition coefficient (Wildman–Crippen LogP) is 8.99. The van der Waals surface area contributed by atoms with Crippen LogP contribution in [0.4, 0.5) is 0 Å². The normalized spacial score (nSPS) is 57.8. The van der Waals surface area contributed by atoms with Gasteiger partial charge in [-0.2, -0.15) is 0 Å². The summed E-state index contributed by atoms with van der Waals surface area (Å²) in [7, 11) is 0. The molecule has 0 N–H and O–H groups in total. The van der Waals surface area contributed by atoms with Crippen molar-refractivity contribution < 1.29 is 0 Å². The van der Waals surface area contributed by atoms with Crippen molar-refractivity contribution >= 4 is 0 Å². The molecule has 0 saturated heterocycles. The summed E-state index contributed by atoms with van der Waals surface area (Å²) in [6, 6.07) is 0. The molecule has 5 fully saturated rings. The van der Waals surface area contributed by atoms with E-state index >= 15 is 0 Å². The van der Waals surface area contributed by atoms with Crippen LogP contribution >= 0.6 is 0 Å². The van der Waals surface area contributed by atoms with Crippen molar-refractivity contribution in [1.82, 2.24) is 0 Å². The number of fused-ring (bicyclic) bond motifs is 7. The monoisotopic (exact) mass is 412 g/mol. The average molecular weight is 413 g/mol. The highest BCUT2D eigenvalue weighted by Crippen LogP contribution is 2.76. The lowest BCUT2D eigenvalue weighted by molar-refractivity contribution is -0.209. The molecule has 0 unspecified atom stereocenters. The van der Waals surface area contributed by atoms with E-state index in [1.54, 1.807) is 12.8 Å². The van der Waals surface area contributed by atoms with E-state index in [-0.39, 0.29) is 0 Å². The molecular weight excluding hydrogens is 360 g/mol. The summed E-state index contributed by atoms with van der Waals surface area (Å²) in [5.74, 6) is 7.74. The molecule has 0 aliphatic heterocycles. The number of rotatable bonds is 2. The number of hydrogen-bond acceptors (Lipinski definition) is 0. The minimum Gasteiger partial charge on any atom is -0.0625 e. The Morgan fingerprint density at radius 3 is 1.83 bits per heavy atom. The Morgan fingerprint density at radius 1 is 0.567 bits per heavy atom. The zero-order valence-electron chi connectivity index (χ0n) is 21.7. The minimum absolute atomic E-state index is 0.592. The molecule has 5 saturated carbocycles. The maximum Gasteiger partial charge on any atom is -0.0238 e. The Morgan fingerprint density at radius 2 is 1.17 bits per heavy atom. The zero-order valence-corrected chi connectivity index (χ0v) is 21.7. The van der Waals surface area contributed by atoms with Gasteiger partial charge in [0.25, 0.3) is 0 Å². The van der Waals surface area contributed by atoms with Gasteiger partial charge in [-0.3, -0.25) is 0 Å². The van der Waals surface area contributed by atoms with Crippen molar-refractivity contribution in [2.75, 3.05) is 0 Å². The van der Waals surface area contributed by atoms with Crippen molar-refractivity contribution in [1.29, 1.82) is 0 Å². The molecule has 0 amide bonds. The van der Waals surface area contributed by atoms with Gasteiger partial charge in [0.1, 0.15) is 0 Å². The van der Waals surface area contributed by atoms with Crippen LogP contribution in [0, 0.1) is 69.0 Å². The van der Waals surface area contributed by atoms with Gasteiger partial charge in [-0.05, 0) is 133 Å². The summed E-state index contributed by atoms with van der Waals surface area (Å²) < 4.78 is 0. The maximum atomic E-state index is 2.82. The van der Waals surface area contributed by atoms with Crippen LogP contribution in [0.1, 0.15) is 120 Å². The van der Waals surface area contributed by atoms with Gasteiger partial charge in [0.05, 0.1) is 0 Å². The molecule has 5 aliphatic carbocycles. The van der Waals surface area contributed by atoms with E-state index in [0.29, 0.717) is 21.7 Å². The first-order valence-electron chi connectivity index (χ1n) is 14.0. The van der Waals surface area contributed by atoms with E-state index in [4.69, 9.17) is 0 Å². The SMILES string of the molecule is CC(C)[C@H]1CC[C@H]2[C@H]3CC[C@@H]4[C@H]5[C@H](C(C)C)CC[C@]5(C)CC[C@@]4(C)[C@]3(C)CC[C@]12C. The third kappa shape index (κ3) is 2.58. The third-order valence-corrected chi connectivity index (χ3v) is 13.5. The first kappa shape index (κ1) is 21.8. The summed E-state index contributed by atoms with van der Waals surface area (Å²) in [4.78, 5) is 0. The van der Waals surface area contributed by atoms with Crippen molar-refractivity contribution in [2.24, 2.45) is 69.0 Å². The fraction of sp³-hybridized carbons (Fsp3) is 1.00. The lowest BCUT2D eigenvalue weighted by Gasteiger charge is -2.69. The lowest BCUT2D eigenvalue weighted by atomic mass is 9.35. The van der Waals surface area contributed by atoms with Gasteiger partial charge in [0.15, 0.2) is 0 Å². The van der Waals surface area contributed by atoms with Crippen LogP contribution in [0.2, 0.25) is 0 Å². The van der Waals surface area contributed by atoms with Crippen molar-refractivity contribution in [3.63, 3.8) is 0 Å². The molecule has 0 heteroatoms. The molecule has 0 aromatic carbocycles. The second-order valence-corrected chi connectivity index (χ2v) is 14.8. The van der Waals surface area contributed by atoms with Gasteiger partial charge >= 0.3 is 0 Å². The van der Waals surface area contributed by atoms with Crippen LogP contribution < -0.4 is 0 Å². The average Bonchev–Trinajstić information content (AvgIpc) is 3.20. The van der Waals surface area contributed by atoms with Gasteiger partial charge in [-0.15, -0.1) is 0 Å². The Hall–Kier alpha value is 0. The van der Waals surface area contributed by atoms with Crippen molar-refractivity contribution in [3.05, 3.63) is 0 Å². The van der Waals surface area contributed by atoms with E-state index < -0.39 is 0 Å². The topological polar surface area (TPSA) is 0 Å². The van der Waals surface area contributed by atoms with Gasteiger partial charge in [-0.25, -0.2) is 0 Å². The largest absolute Gasteiger partial charge is 0.0625 e. The number of hydrogen-bond donors (Lipinski definition) is 0. The van der Waals surface area contributed by atoms with Crippen LogP contribution in [0.3, 0.4) is 0 Å². The van der Waals surface area contributed by atoms with E-state index in [9.17, 15) is 0 Å². The van der Waals surface area contributed by atoms with E-state index in [2.05, 4.69) is 55.4 Å². The molecule has 0 bridgehead atoms. The fourth-order valence-electron chi connectivity index (χ4n) is 11.7. The Bertz CT molecular complexity index is 676. The quantitative estimate of drug-likeness (QED) is 0.424. The standard InChI is InChI=1S/C30H52/c1-19(2)21-13-14-27(5)15-17-30(8)25(26(21)27)12-11-24-23-10-9-22(20(3)4)28(23,6)16-18-29(24,30)7/h19-26H,9-18H2,1-8H3/t21-,22+,23-,24+,25+,26+,27+,28+,29+,30+/m0/s1. The van der Waals surface area contributed by atoms with Crippen LogP contribution in [-0.4, -0.2) is 0 Å². The molecule has 5 aliphatic rings. The van der Waals surface area contributed by atoms with Gasteiger partial charge in [0.2, 0.25) is 0 Å². The van der Waals surface area contributed by atoms with E-state index in [1.165, 1.54) is 51.4 Å². The summed E-state index contributed by atoms with van der Waals surface area (Å²) in [5, 5.41) is 0. The minimum atomic E-state index is 0.592. The smallest absolute Gasteiger partial charge is 0.0238 e. The van der Waals surface area contributed by atoms with Gasteiger partial charge < -0.3 is 0 Å². The lowest BCUT2D eigenvalue weighted by Crippen LogP contribution is -2.62. The Kier molecular flexibility index (Phi) is 4.92. The van der Waals surface area contributed by atoms with E-state index in [0.717, 1.165) is 47.3 Å². The second kappa shape index (κ2) is 6.76. The van der Waals surface area contributed by atoms with Crippen LogP contribution in [0.15, 0.2) is 0 Å². The molecule has 0 aromatic rings. The van der Waals surface area contributed by atoms with Crippen molar-refractivity contribution in [2.45, 2.75) is 120 Å². The predicted molar refractivity (Wildman–Crippen MR) is 129 cm³/mol. The van der Waals surface area contributed by atoms with Gasteiger partial charge in [-0.1, -0.05) is 55.4 Å². The second-order valence-electron chi connectivity index (χ2n) is 14.8. The highest BCUT2D eigenvalue weighted by atomic mass is 14.7. The maximum absolute atomic E-state index is 2.82. The summed E-state index contributed by atoms with van der Waals surface area (Å²) in [5.41, 5.74) is 2.48. The summed E-state index contributed by atoms with van der Waals surface area (Å²) >= 11 is 0. The van der Waals surface area contributed by atoms with Crippen molar-refractivity contribution in [3.8, 4) is 0 Å². The van der Waals surface area contributed by atoms with E-state index in [1.807, 2.05) is 0 Å². The molecule has 0 aromatic heterocycles. The first-order valence-corrected chi connectivity index (χ1v) is 14.0. The highest BCUT2D eigenvalue weighted by molar-refractivity contribution is 5.17. The molecule has 0 radical (unpaired) electrons. The van der Waals surface area contributed by atoms with Crippen LogP contribution in [-0.2, 0) is 0 Å². The van der Waals surface area contributed by atoms with Crippen LogP contribution in [0.5, 0.6) is 0 Å². The molecule has 0 spiro atoms. The molecule has 0 nitrogen and oxygen atoms in total. The summed E-state index contributed by atoms with van der Waals surface area (Å²) in [6.45, 7) is 21.2. The van der Waals surface area contributed by atoms with Gasteiger partial charge in [0, 0.05) is 0 Å². The molecule has 10 atom stereocenters. The fourth-order valence-corrected chi connectivity index (χ4v) is 11.7. The molecule has 0 heterocycles. The third-order valence-electron chi connectivity index (χ3n) is 13.5. The molecule has 30 heavy (non-hydrogen) atoms. The highest BCUT2D eigenvalue weighted by Gasteiger charge is 2.69. The zero-order chi connectivity index (χ0) is 21.7. The first-order chi connectivity index (χ1) is 14.0. The molecule has 172 valence electrons. The Balaban J connectivity index is 1.50. The van der Waals surface area contributed by atoms with Crippen LogP contribution in [0.25, 0.3) is 0 Å². The molecule has 5 rings (SSSR count). The summed E-state index contributed by atoms with van der Waals surface area (Å²) in [6.07, 6.45) is 15.3. The molecular formula is C30H52. The Labute approximate surface area is 188 Å².